The normalized spacial score (nSPS) is 10.5. The highest BCUT2D eigenvalue weighted by Gasteiger charge is 1.98. The average molecular weight is 179 g/mol. The third-order valence-electron chi connectivity index (χ3n) is 1.74. The van der Waals surface area contributed by atoms with Crippen LogP contribution in [0.1, 0.15) is 5.69 Å². The van der Waals surface area contributed by atoms with Crippen molar-refractivity contribution in [2.75, 3.05) is 0 Å². The van der Waals surface area contributed by atoms with E-state index < -0.39 is 0 Å². The lowest BCUT2D eigenvalue weighted by atomic mass is 10.2. The molecule has 0 saturated heterocycles. The summed E-state index contributed by atoms with van der Waals surface area (Å²) < 4.78 is 0. The molecule has 0 aliphatic carbocycles. The van der Waals surface area contributed by atoms with Crippen molar-refractivity contribution in [2.24, 2.45) is 0 Å². The van der Waals surface area contributed by atoms with Gasteiger partial charge in [-0.15, -0.1) is 0 Å². The van der Waals surface area contributed by atoms with Gasteiger partial charge in [0.2, 0.25) is 0 Å². The van der Waals surface area contributed by atoms with E-state index in [1.54, 1.807) is 12.4 Å². The summed E-state index contributed by atoms with van der Waals surface area (Å²) in [5.41, 5.74) is 0.991. The van der Waals surface area contributed by atoms with E-state index in [9.17, 15) is 0 Å². The lowest BCUT2D eigenvalue weighted by Gasteiger charge is -1.98. The molecule has 60 valence electrons. The minimum atomic E-state index is 0.514. The molecule has 3 heteroatoms. The number of pyridine rings is 2. The summed E-state index contributed by atoms with van der Waals surface area (Å²) in [6.07, 6.45) is 3.45. The molecule has 2 aromatic rings. The maximum Gasteiger partial charge on any atom is 0.138 e. The topological polar surface area (TPSA) is 25.8 Å². The molecule has 0 aliphatic heterocycles. The number of hydrogen-bond acceptors (Lipinski definition) is 2. The molecule has 2 rings (SSSR count). The van der Waals surface area contributed by atoms with Gasteiger partial charge in [0.1, 0.15) is 5.15 Å². The van der Waals surface area contributed by atoms with E-state index in [4.69, 9.17) is 11.6 Å². The maximum absolute atomic E-state index is 5.86. The Bertz CT molecular complexity index is 426. The Hall–Kier alpha value is -1.15. The van der Waals surface area contributed by atoms with Gasteiger partial charge in [-0.1, -0.05) is 11.6 Å². The van der Waals surface area contributed by atoms with Crippen LogP contribution >= 0.6 is 11.6 Å². The smallest absolute Gasteiger partial charge is 0.138 e. The number of hydrogen-bond donors (Lipinski definition) is 0. The first kappa shape index (κ1) is 7.50. The molecule has 0 atom stereocenters. The molecule has 0 spiro atoms. The van der Waals surface area contributed by atoms with Crippen molar-refractivity contribution in [1.29, 1.82) is 0 Å². The van der Waals surface area contributed by atoms with Gasteiger partial charge in [0.05, 0.1) is 0 Å². The van der Waals surface area contributed by atoms with Gasteiger partial charge in [0.25, 0.3) is 0 Å². The molecule has 0 aromatic carbocycles. The van der Waals surface area contributed by atoms with Crippen LogP contribution in [0.2, 0.25) is 5.15 Å². The summed E-state index contributed by atoms with van der Waals surface area (Å²) in [6, 6.07) is 3.92. The standard InChI is InChI=1S/C9H7ClN2/c1-6-4-7-2-3-11-9(10)8(7)5-12-6/h2-5H,1H3. The number of halogens is 1. The fourth-order valence-corrected chi connectivity index (χ4v) is 1.36. The highest BCUT2D eigenvalue weighted by Crippen LogP contribution is 2.19. The number of rotatable bonds is 0. The Morgan fingerprint density at radius 1 is 1.33 bits per heavy atom. The molecular formula is C9H7ClN2. The first-order chi connectivity index (χ1) is 5.77. The predicted molar refractivity (Wildman–Crippen MR) is 49.3 cm³/mol. The van der Waals surface area contributed by atoms with E-state index in [0.717, 1.165) is 16.5 Å². The van der Waals surface area contributed by atoms with Gasteiger partial charge >= 0.3 is 0 Å². The van der Waals surface area contributed by atoms with Gasteiger partial charge < -0.3 is 0 Å². The van der Waals surface area contributed by atoms with Gasteiger partial charge in [-0.05, 0) is 24.4 Å². The summed E-state index contributed by atoms with van der Waals surface area (Å²) in [6.45, 7) is 1.95. The largest absolute Gasteiger partial charge is 0.261 e. The van der Waals surface area contributed by atoms with Crippen molar-refractivity contribution >= 4 is 22.4 Å². The molecule has 2 heterocycles. The Morgan fingerprint density at radius 3 is 3.00 bits per heavy atom. The fraction of sp³-hybridized carbons (Fsp3) is 0.111. The summed E-state index contributed by atoms with van der Waals surface area (Å²) in [5.74, 6) is 0. The summed E-state index contributed by atoms with van der Waals surface area (Å²) >= 11 is 5.86. The van der Waals surface area contributed by atoms with Crippen molar-refractivity contribution in [3.63, 3.8) is 0 Å². The Balaban J connectivity index is 2.86. The molecular weight excluding hydrogens is 172 g/mol. The van der Waals surface area contributed by atoms with E-state index >= 15 is 0 Å². The number of fused-ring (bicyclic) bond motifs is 1. The van der Waals surface area contributed by atoms with Crippen LogP contribution in [0.15, 0.2) is 24.5 Å². The molecule has 0 N–H and O–H groups in total. The zero-order valence-electron chi connectivity index (χ0n) is 6.58. The highest BCUT2D eigenvalue weighted by molar-refractivity contribution is 6.34. The Labute approximate surface area is 75.2 Å². The number of aromatic nitrogens is 2. The molecule has 0 bridgehead atoms. The zero-order chi connectivity index (χ0) is 8.55. The number of nitrogens with zero attached hydrogens (tertiary/aromatic N) is 2. The second kappa shape index (κ2) is 2.72. The van der Waals surface area contributed by atoms with Gasteiger partial charge in [0.15, 0.2) is 0 Å². The van der Waals surface area contributed by atoms with Crippen LogP contribution in [0, 0.1) is 6.92 Å². The molecule has 0 aliphatic rings. The van der Waals surface area contributed by atoms with E-state index in [1.807, 2.05) is 19.1 Å². The third-order valence-corrected chi connectivity index (χ3v) is 2.04. The van der Waals surface area contributed by atoms with Crippen molar-refractivity contribution < 1.29 is 0 Å². The summed E-state index contributed by atoms with van der Waals surface area (Å²) in [5, 5.41) is 2.51. The third kappa shape index (κ3) is 1.14. The fourth-order valence-electron chi connectivity index (χ4n) is 1.14. The van der Waals surface area contributed by atoms with Gasteiger partial charge in [-0.3, -0.25) is 4.98 Å². The van der Waals surface area contributed by atoms with Crippen LogP contribution in [0.25, 0.3) is 10.8 Å². The quantitative estimate of drug-likeness (QED) is 0.580. The van der Waals surface area contributed by atoms with Crippen LogP contribution < -0.4 is 0 Å². The van der Waals surface area contributed by atoms with Crippen LogP contribution in [0.5, 0.6) is 0 Å². The SMILES string of the molecule is Cc1cc2ccnc(Cl)c2cn1. The summed E-state index contributed by atoms with van der Waals surface area (Å²) in [4.78, 5) is 8.11. The lowest BCUT2D eigenvalue weighted by Crippen LogP contribution is -1.83. The minimum absolute atomic E-state index is 0.514. The molecule has 0 unspecified atom stereocenters. The van der Waals surface area contributed by atoms with Crippen molar-refractivity contribution in [2.45, 2.75) is 6.92 Å². The monoisotopic (exact) mass is 178 g/mol. The number of aryl methyl sites for hydroxylation is 1. The molecule has 0 amide bonds. The molecule has 0 radical (unpaired) electrons. The van der Waals surface area contributed by atoms with Gasteiger partial charge in [0, 0.05) is 23.5 Å². The van der Waals surface area contributed by atoms with Gasteiger partial charge in [-0.2, -0.15) is 0 Å². The zero-order valence-corrected chi connectivity index (χ0v) is 7.34. The molecule has 0 fully saturated rings. The minimum Gasteiger partial charge on any atom is -0.261 e. The summed E-state index contributed by atoms with van der Waals surface area (Å²) in [7, 11) is 0. The Kier molecular flexibility index (Phi) is 1.70. The van der Waals surface area contributed by atoms with Crippen LogP contribution in [0.4, 0.5) is 0 Å². The first-order valence-electron chi connectivity index (χ1n) is 3.64. The Morgan fingerprint density at radius 2 is 2.17 bits per heavy atom. The molecule has 12 heavy (non-hydrogen) atoms. The highest BCUT2D eigenvalue weighted by atomic mass is 35.5. The van der Waals surface area contributed by atoms with E-state index in [2.05, 4.69) is 9.97 Å². The van der Waals surface area contributed by atoms with Crippen LogP contribution in [-0.4, -0.2) is 9.97 Å². The molecule has 2 aromatic heterocycles. The van der Waals surface area contributed by atoms with Gasteiger partial charge in [-0.25, -0.2) is 4.98 Å². The lowest BCUT2D eigenvalue weighted by molar-refractivity contribution is 1.22. The average Bonchev–Trinajstić information content (AvgIpc) is 2.04. The van der Waals surface area contributed by atoms with Crippen molar-refractivity contribution in [3.05, 3.63) is 35.4 Å². The van der Waals surface area contributed by atoms with Crippen molar-refractivity contribution in [1.82, 2.24) is 9.97 Å². The van der Waals surface area contributed by atoms with Crippen LogP contribution in [-0.2, 0) is 0 Å². The van der Waals surface area contributed by atoms with Crippen LogP contribution in [0.3, 0.4) is 0 Å². The van der Waals surface area contributed by atoms with Crippen molar-refractivity contribution in [3.8, 4) is 0 Å². The molecule has 0 saturated carbocycles. The van der Waals surface area contributed by atoms with E-state index in [1.165, 1.54) is 0 Å². The predicted octanol–water partition coefficient (Wildman–Crippen LogP) is 2.59. The second-order valence-corrected chi connectivity index (χ2v) is 3.01. The molecule has 2 nitrogen and oxygen atoms in total. The van der Waals surface area contributed by atoms with E-state index in [-0.39, 0.29) is 0 Å². The second-order valence-electron chi connectivity index (χ2n) is 2.65. The maximum atomic E-state index is 5.86. The first-order valence-corrected chi connectivity index (χ1v) is 4.02. The van der Waals surface area contributed by atoms with E-state index in [0.29, 0.717) is 5.15 Å².